The number of para-hydroxylation sites is 1. The molecule has 0 N–H and O–H groups in total. The number of benzene rings is 2. The Labute approximate surface area is 171 Å². The van der Waals surface area contributed by atoms with Gasteiger partial charge >= 0.3 is 5.69 Å². The maximum atomic E-state index is 12.6. The highest BCUT2D eigenvalue weighted by atomic mass is 32.1. The standard InChI is InChI=1S/C20H19N5O3S/c1-3-28-17-10-9-14(11-18(17)27-2)19-21-15(13-29-19)12-24-20(26)25(23-22-24)16-7-5-4-6-8-16/h4-11,13H,3,12H2,1-2H3. The molecule has 0 aliphatic carbocycles. The molecule has 4 rings (SSSR count). The van der Waals surface area contributed by atoms with E-state index >= 15 is 0 Å². The van der Waals surface area contributed by atoms with Crippen LogP contribution in [-0.4, -0.2) is 38.5 Å². The van der Waals surface area contributed by atoms with Gasteiger partial charge in [-0.2, -0.15) is 9.36 Å². The summed E-state index contributed by atoms with van der Waals surface area (Å²) in [6.45, 7) is 2.74. The van der Waals surface area contributed by atoms with Gasteiger partial charge < -0.3 is 9.47 Å². The fraction of sp³-hybridized carbons (Fsp3) is 0.200. The Hall–Kier alpha value is -3.46. The zero-order valence-electron chi connectivity index (χ0n) is 16.0. The molecule has 2 aromatic heterocycles. The summed E-state index contributed by atoms with van der Waals surface area (Å²) < 4.78 is 13.5. The van der Waals surface area contributed by atoms with Gasteiger partial charge in [-0.25, -0.2) is 9.78 Å². The molecule has 0 radical (unpaired) electrons. The van der Waals surface area contributed by atoms with Gasteiger partial charge in [-0.1, -0.05) is 18.2 Å². The van der Waals surface area contributed by atoms with Gasteiger partial charge in [0.15, 0.2) is 11.5 Å². The average molecular weight is 409 g/mol. The normalized spacial score (nSPS) is 10.8. The number of hydrogen-bond acceptors (Lipinski definition) is 7. The van der Waals surface area contributed by atoms with Crippen molar-refractivity contribution in [2.75, 3.05) is 13.7 Å². The molecule has 4 aromatic rings. The van der Waals surface area contributed by atoms with Gasteiger partial charge in [0.1, 0.15) is 5.01 Å². The molecule has 0 bridgehead atoms. The second kappa shape index (κ2) is 8.27. The first-order valence-corrected chi connectivity index (χ1v) is 9.91. The van der Waals surface area contributed by atoms with Crippen molar-refractivity contribution in [3.63, 3.8) is 0 Å². The SMILES string of the molecule is CCOc1ccc(-c2nc(Cn3nnn(-c4ccccc4)c3=O)cs2)cc1OC. The fourth-order valence-corrected chi connectivity index (χ4v) is 3.65. The van der Waals surface area contributed by atoms with E-state index in [0.717, 1.165) is 16.3 Å². The third-order valence-corrected chi connectivity index (χ3v) is 5.15. The summed E-state index contributed by atoms with van der Waals surface area (Å²) in [5.74, 6) is 1.35. The smallest absolute Gasteiger partial charge is 0.368 e. The summed E-state index contributed by atoms with van der Waals surface area (Å²) in [5.41, 5.74) is 2.01. The van der Waals surface area contributed by atoms with Gasteiger partial charge in [0.05, 0.1) is 31.6 Å². The van der Waals surface area contributed by atoms with E-state index < -0.39 is 0 Å². The zero-order valence-corrected chi connectivity index (χ0v) is 16.8. The summed E-state index contributed by atoms with van der Waals surface area (Å²) in [7, 11) is 1.61. The van der Waals surface area contributed by atoms with Crippen LogP contribution in [0.1, 0.15) is 12.6 Å². The van der Waals surface area contributed by atoms with E-state index in [1.165, 1.54) is 20.7 Å². The van der Waals surface area contributed by atoms with E-state index in [9.17, 15) is 4.79 Å². The molecule has 0 unspecified atom stereocenters. The molecule has 8 nitrogen and oxygen atoms in total. The zero-order chi connectivity index (χ0) is 20.2. The van der Waals surface area contributed by atoms with Crippen LogP contribution in [0.3, 0.4) is 0 Å². The van der Waals surface area contributed by atoms with Crippen LogP contribution in [-0.2, 0) is 6.54 Å². The van der Waals surface area contributed by atoms with Gasteiger partial charge in [-0.3, -0.25) is 0 Å². The highest BCUT2D eigenvalue weighted by Gasteiger charge is 2.13. The topological polar surface area (TPSA) is 84.1 Å². The predicted molar refractivity (Wildman–Crippen MR) is 110 cm³/mol. The lowest BCUT2D eigenvalue weighted by molar-refractivity contribution is 0.311. The van der Waals surface area contributed by atoms with Crippen LogP contribution in [0.25, 0.3) is 16.3 Å². The van der Waals surface area contributed by atoms with E-state index in [-0.39, 0.29) is 12.2 Å². The summed E-state index contributed by atoms with van der Waals surface area (Å²) >= 11 is 1.49. The van der Waals surface area contributed by atoms with Gasteiger partial charge in [0, 0.05) is 10.9 Å². The van der Waals surface area contributed by atoms with Crippen molar-refractivity contribution in [2.45, 2.75) is 13.5 Å². The minimum atomic E-state index is -0.312. The third kappa shape index (κ3) is 3.90. The van der Waals surface area contributed by atoms with E-state index in [4.69, 9.17) is 9.47 Å². The highest BCUT2D eigenvalue weighted by Crippen LogP contribution is 2.33. The lowest BCUT2D eigenvalue weighted by Gasteiger charge is -2.09. The van der Waals surface area contributed by atoms with Crippen molar-refractivity contribution in [1.29, 1.82) is 0 Å². The Balaban J connectivity index is 1.56. The first-order valence-electron chi connectivity index (χ1n) is 9.03. The van der Waals surface area contributed by atoms with Crippen LogP contribution in [0, 0.1) is 0 Å². The second-order valence-corrected chi connectivity index (χ2v) is 6.97. The minimum absolute atomic E-state index is 0.246. The van der Waals surface area contributed by atoms with Crippen LogP contribution in [0.15, 0.2) is 58.7 Å². The molecule has 0 aliphatic heterocycles. The molecule has 2 aromatic carbocycles. The molecule has 0 amide bonds. The molecular weight excluding hydrogens is 390 g/mol. The van der Waals surface area contributed by atoms with Crippen LogP contribution in [0.2, 0.25) is 0 Å². The third-order valence-electron chi connectivity index (χ3n) is 4.21. The molecule has 0 atom stereocenters. The number of ether oxygens (including phenoxy) is 2. The average Bonchev–Trinajstić information content (AvgIpc) is 3.37. The second-order valence-electron chi connectivity index (χ2n) is 6.11. The Kier molecular flexibility index (Phi) is 5.39. The molecule has 148 valence electrons. The van der Waals surface area contributed by atoms with E-state index in [2.05, 4.69) is 15.4 Å². The molecular formula is C20H19N5O3S. The lowest BCUT2D eigenvalue weighted by Crippen LogP contribution is -2.24. The number of thiazole rings is 1. The maximum Gasteiger partial charge on any atom is 0.368 e. The van der Waals surface area contributed by atoms with Crippen molar-refractivity contribution < 1.29 is 9.47 Å². The molecule has 0 spiro atoms. The lowest BCUT2D eigenvalue weighted by atomic mass is 10.2. The molecule has 0 saturated heterocycles. The Bertz CT molecular complexity index is 1170. The van der Waals surface area contributed by atoms with Gasteiger partial charge in [-0.15, -0.1) is 11.3 Å². The van der Waals surface area contributed by atoms with Crippen molar-refractivity contribution in [1.82, 2.24) is 24.8 Å². The van der Waals surface area contributed by atoms with Crippen LogP contribution in [0.4, 0.5) is 0 Å². The van der Waals surface area contributed by atoms with Crippen molar-refractivity contribution >= 4 is 11.3 Å². The van der Waals surface area contributed by atoms with E-state index in [1.807, 2.05) is 48.7 Å². The minimum Gasteiger partial charge on any atom is -0.493 e. The molecule has 0 saturated carbocycles. The van der Waals surface area contributed by atoms with E-state index in [0.29, 0.717) is 23.8 Å². The maximum absolute atomic E-state index is 12.6. The predicted octanol–water partition coefficient (Wildman–Crippen LogP) is 3.01. The summed E-state index contributed by atoms with van der Waals surface area (Å²) in [6, 6.07) is 14.9. The number of methoxy groups -OCH3 is 1. The molecule has 29 heavy (non-hydrogen) atoms. The van der Waals surface area contributed by atoms with Crippen molar-refractivity contribution in [3.05, 3.63) is 70.1 Å². The Morgan fingerprint density at radius 3 is 2.66 bits per heavy atom. The number of nitrogens with zero attached hydrogens (tertiary/aromatic N) is 5. The number of rotatable bonds is 7. The summed E-state index contributed by atoms with van der Waals surface area (Å²) in [5, 5.41) is 10.7. The van der Waals surface area contributed by atoms with Crippen LogP contribution < -0.4 is 15.2 Å². The van der Waals surface area contributed by atoms with Crippen LogP contribution in [0.5, 0.6) is 11.5 Å². The molecule has 9 heteroatoms. The Morgan fingerprint density at radius 1 is 1.07 bits per heavy atom. The van der Waals surface area contributed by atoms with Gasteiger partial charge in [0.25, 0.3) is 0 Å². The largest absolute Gasteiger partial charge is 0.493 e. The fourth-order valence-electron chi connectivity index (χ4n) is 2.85. The van der Waals surface area contributed by atoms with Crippen molar-refractivity contribution in [3.8, 4) is 27.8 Å². The first kappa shape index (κ1) is 18.9. The summed E-state index contributed by atoms with van der Waals surface area (Å²) in [4.78, 5) is 17.2. The van der Waals surface area contributed by atoms with Gasteiger partial charge in [0.2, 0.25) is 0 Å². The number of aromatic nitrogens is 5. The summed E-state index contributed by atoms with van der Waals surface area (Å²) in [6.07, 6.45) is 0. The molecule has 0 aliphatic rings. The first-order chi connectivity index (χ1) is 14.2. The number of tetrazole rings is 1. The van der Waals surface area contributed by atoms with Crippen LogP contribution >= 0.6 is 11.3 Å². The number of hydrogen-bond donors (Lipinski definition) is 0. The Morgan fingerprint density at radius 2 is 1.90 bits per heavy atom. The van der Waals surface area contributed by atoms with Gasteiger partial charge in [-0.05, 0) is 47.7 Å². The highest BCUT2D eigenvalue weighted by molar-refractivity contribution is 7.13. The van der Waals surface area contributed by atoms with Crippen molar-refractivity contribution in [2.24, 2.45) is 0 Å². The molecule has 0 fully saturated rings. The molecule has 2 heterocycles. The monoisotopic (exact) mass is 409 g/mol. The quantitative estimate of drug-likeness (QED) is 0.467. The van der Waals surface area contributed by atoms with E-state index in [1.54, 1.807) is 19.2 Å².